The van der Waals surface area contributed by atoms with Gasteiger partial charge in [0.2, 0.25) is 5.13 Å². The number of anilines is 1. The first-order chi connectivity index (χ1) is 20.5. The number of carbonyl (C=O) groups excluding carboxylic acids is 2. The number of hydrogen-bond donors (Lipinski definition) is 1. The van der Waals surface area contributed by atoms with Crippen molar-refractivity contribution in [3.05, 3.63) is 126 Å². The molecule has 42 heavy (non-hydrogen) atoms. The zero-order chi connectivity index (χ0) is 29.1. The number of aromatic nitrogens is 3. The summed E-state index contributed by atoms with van der Waals surface area (Å²) >= 11 is 2.73. The van der Waals surface area contributed by atoms with Gasteiger partial charge < -0.3 is 9.84 Å². The predicted octanol–water partition coefficient (Wildman–Crippen LogP) is 6.57. The lowest BCUT2D eigenvalue weighted by molar-refractivity contribution is -0.132. The number of benzene rings is 3. The van der Waals surface area contributed by atoms with Crippen LogP contribution in [0.25, 0.3) is 16.5 Å². The van der Waals surface area contributed by atoms with E-state index in [1.165, 1.54) is 40.4 Å². The van der Waals surface area contributed by atoms with Gasteiger partial charge in [-0.2, -0.15) is 0 Å². The summed E-state index contributed by atoms with van der Waals surface area (Å²) in [5.74, 6) is -0.717. The van der Waals surface area contributed by atoms with Crippen molar-refractivity contribution in [3.8, 4) is 5.75 Å². The van der Waals surface area contributed by atoms with Gasteiger partial charge in [0, 0.05) is 23.7 Å². The number of rotatable bonds is 9. The highest BCUT2D eigenvalue weighted by atomic mass is 32.2. The third-order valence-corrected chi connectivity index (χ3v) is 8.88. The lowest BCUT2D eigenvalue weighted by Gasteiger charge is -2.23. The van der Waals surface area contributed by atoms with Crippen LogP contribution in [-0.2, 0) is 15.3 Å². The molecule has 0 saturated carbocycles. The van der Waals surface area contributed by atoms with Crippen LogP contribution in [0.4, 0.5) is 5.13 Å². The van der Waals surface area contributed by atoms with Crippen LogP contribution in [0.3, 0.4) is 0 Å². The average molecular weight is 593 g/mol. The molecule has 3 aromatic carbocycles. The fourth-order valence-electron chi connectivity index (χ4n) is 4.86. The molecule has 0 radical (unpaired) electrons. The van der Waals surface area contributed by atoms with Gasteiger partial charge in [0.25, 0.3) is 5.78 Å². The molecule has 2 aromatic heterocycles. The zero-order valence-corrected chi connectivity index (χ0v) is 23.8. The first-order valence-electron chi connectivity index (χ1n) is 13.0. The number of amides is 1. The Hall–Kier alpha value is -4.80. The van der Waals surface area contributed by atoms with Crippen LogP contribution in [0, 0.1) is 0 Å². The fraction of sp³-hybridized carbons (Fsp3) is 0.0938. The molecule has 0 bridgehead atoms. The van der Waals surface area contributed by atoms with Crippen LogP contribution in [0.1, 0.15) is 22.7 Å². The Balaban J connectivity index is 1.37. The Bertz CT molecular complexity index is 1830. The Labute approximate surface area is 250 Å². The Kier molecular flexibility index (Phi) is 7.81. The minimum Gasteiger partial charge on any atom is -0.507 e. The molecule has 208 valence electrons. The number of fused-ring (bicyclic) bond motifs is 1. The van der Waals surface area contributed by atoms with Gasteiger partial charge in [0.1, 0.15) is 18.1 Å². The Morgan fingerprint density at radius 2 is 1.81 bits per heavy atom. The van der Waals surface area contributed by atoms with E-state index in [0.717, 1.165) is 16.3 Å². The number of Topliss-reactive ketones (excluding diaryl/α,β-unsaturated/α-hetero) is 1. The summed E-state index contributed by atoms with van der Waals surface area (Å²) in [6.45, 7) is 3.97. The van der Waals surface area contributed by atoms with Gasteiger partial charge in [-0.1, -0.05) is 90.4 Å². The van der Waals surface area contributed by atoms with Crippen molar-refractivity contribution in [2.45, 2.75) is 16.1 Å². The maximum Gasteiger partial charge on any atom is 0.301 e. The molecule has 6 rings (SSSR count). The summed E-state index contributed by atoms with van der Waals surface area (Å²) in [5.41, 5.74) is 2.05. The Morgan fingerprint density at radius 3 is 2.64 bits per heavy atom. The molecule has 1 N–H and O–H groups in total. The molecule has 3 heterocycles. The van der Waals surface area contributed by atoms with Gasteiger partial charge in [-0.3, -0.25) is 19.5 Å². The zero-order valence-electron chi connectivity index (χ0n) is 22.2. The van der Waals surface area contributed by atoms with E-state index in [4.69, 9.17) is 4.74 Å². The molecule has 1 saturated heterocycles. The minimum atomic E-state index is -0.950. The van der Waals surface area contributed by atoms with Gasteiger partial charge in [-0.25, -0.2) is 0 Å². The van der Waals surface area contributed by atoms with E-state index in [1.54, 1.807) is 42.5 Å². The van der Waals surface area contributed by atoms with Crippen LogP contribution in [-0.4, -0.2) is 38.6 Å². The molecule has 10 heteroatoms. The quantitative estimate of drug-likeness (QED) is 0.0512. The van der Waals surface area contributed by atoms with E-state index < -0.39 is 17.7 Å². The molecule has 5 aromatic rings. The van der Waals surface area contributed by atoms with E-state index in [0.29, 0.717) is 27.0 Å². The van der Waals surface area contributed by atoms with Crippen LogP contribution in [0.15, 0.2) is 114 Å². The van der Waals surface area contributed by atoms with Crippen LogP contribution >= 0.6 is 23.1 Å². The van der Waals surface area contributed by atoms with Crippen molar-refractivity contribution in [2.24, 2.45) is 0 Å². The van der Waals surface area contributed by atoms with Crippen LogP contribution in [0.5, 0.6) is 5.75 Å². The van der Waals surface area contributed by atoms with Gasteiger partial charge in [0.15, 0.2) is 4.34 Å². The highest BCUT2D eigenvalue weighted by Gasteiger charge is 2.48. The minimum absolute atomic E-state index is 0.0489. The van der Waals surface area contributed by atoms with Crippen molar-refractivity contribution in [3.63, 3.8) is 0 Å². The summed E-state index contributed by atoms with van der Waals surface area (Å²) < 4.78 is 6.37. The van der Waals surface area contributed by atoms with Gasteiger partial charge in [0.05, 0.1) is 11.6 Å². The van der Waals surface area contributed by atoms with E-state index in [9.17, 15) is 14.7 Å². The number of aliphatic hydroxyl groups excluding tert-OH is 1. The molecule has 0 aliphatic carbocycles. The summed E-state index contributed by atoms with van der Waals surface area (Å²) in [6, 6.07) is 23.6. The van der Waals surface area contributed by atoms with Crippen molar-refractivity contribution >= 4 is 56.5 Å². The molecule has 1 aliphatic heterocycles. The number of aliphatic hydroxyl groups is 1. The highest BCUT2D eigenvalue weighted by Crippen LogP contribution is 2.44. The molecule has 8 nitrogen and oxygen atoms in total. The monoisotopic (exact) mass is 592 g/mol. The second-order valence-electron chi connectivity index (χ2n) is 9.35. The van der Waals surface area contributed by atoms with Crippen molar-refractivity contribution < 1.29 is 19.4 Å². The van der Waals surface area contributed by atoms with Gasteiger partial charge in [-0.05, 0) is 46.2 Å². The number of carbonyl (C=O) groups is 2. The SMILES string of the molecule is C=CCOc1cccc(C2/C(=C(\O)c3ccncc3)C(=O)C(=O)N2c2nnc(SCc3cccc4ccccc34)s2)c1. The number of hydrogen-bond acceptors (Lipinski definition) is 9. The topological polar surface area (TPSA) is 106 Å². The standard InChI is InChI=1S/C32H24N4O4S2/c1-2-17-40-24-11-6-9-22(18-24)27-26(28(37)21-13-15-33-16-14-21)29(38)30(39)36(27)31-34-35-32(42-31)41-19-23-10-5-8-20-7-3-4-12-25(20)23/h2-16,18,27,37H,1,17,19H2/b28-26+. The van der Waals surface area contributed by atoms with Crippen molar-refractivity contribution in [2.75, 3.05) is 11.5 Å². The molecule has 1 amide bonds. The summed E-state index contributed by atoms with van der Waals surface area (Å²) in [6.07, 6.45) is 4.64. The number of ether oxygens (including phenoxy) is 1. The lowest BCUT2D eigenvalue weighted by Crippen LogP contribution is -2.29. The third kappa shape index (κ3) is 5.29. The Morgan fingerprint density at radius 1 is 1.02 bits per heavy atom. The van der Waals surface area contributed by atoms with E-state index in [-0.39, 0.29) is 23.1 Å². The normalized spacial score (nSPS) is 16.2. The van der Waals surface area contributed by atoms with E-state index in [1.807, 2.05) is 18.2 Å². The molecule has 1 unspecified atom stereocenters. The van der Waals surface area contributed by atoms with Gasteiger partial charge >= 0.3 is 5.91 Å². The smallest absolute Gasteiger partial charge is 0.301 e. The van der Waals surface area contributed by atoms with Crippen LogP contribution < -0.4 is 9.64 Å². The van der Waals surface area contributed by atoms with Gasteiger partial charge in [-0.15, -0.1) is 10.2 Å². The third-order valence-electron chi connectivity index (χ3n) is 6.77. The number of ketones is 1. The lowest BCUT2D eigenvalue weighted by atomic mass is 9.95. The predicted molar refractivity (Wildman–Crippen MR) is 165 cm³/mol. The number of nitrogens with zero attached hydrogens (tertiary/aromatic N) is 4. The molecule has 1 fully saturated rings. The summed E-state index contributed by atoms with van der Waals surface area (Å²) in [7, 11) is 0. The number of thioether (sulfide) groups is 1. The first kappa shape index (κ1) is 27.4. The molecule has 1 atom stereocenters. The molecular weight excluding hydrogens is 569 g/mol. The average Bonchev–Trinajstić information content (AvgIpc) is 3.60. The van der Waals surface area contributed by atoms with Crippen molar-refractivity contribution in [1.29, 1.82) is 0 Å². The second-order valence-corrected chi connectivity index (χ2v) is 11.5. The van der Waals surface area contributed by atoms with E-state index >= 15 is 0 Å². The maximum absolute atomic E-state index is 13.5. The molecule has 0 spiro atoms. The summed E-state index contributed by atoms with van der Waals surface area (Å²) in [5, 5.41) is 22.5. The molecular formula is C32H24N4O4S2. The van der Waals surface area contributed by atoms with Crippen LogP contribution in [0.2, 0.25) is 0 Å². The number of pyridine rings is 1. The van der Waals surface area contributed by atoms with E-state index in [2.05, 4.69) is 46.0 Å². The van der Waals surface area contributed by atoms with Crippen molar-refractivity contribution in [1.82, 2.24) is 15.2 Å². The second kappa shape index (κ2) is 12.0. The largest absolute Gasteiger partial charge is 0.507 e. The summed E-state index contributed by atoms with van der Waals surface area (Å²) in [4.78, 5) is 32.3. The highest BCUT2D eigenvalue weighted by molar-refractivity contribution is 8.00. The maximum atomic E-state index is 13.5. The molecule has 1 aliphatic rings. The first-order valence-corrected chi connectivity index (χ1v) is 14.8. The fourth-order valence-corrected chi connectivity index (χ4v) is 6.73.